The van der Waals surface area contributed by atoms with E-state index >= 15 is 0 Å². The lowest BCUT2D eigenvalue weighted by molar-refractivity contribution is 0.601. The van der Waals surface area contributed by atoms with Gasteiger partial charge in [-0.25, -0.2) is 8.42 Å². The minimum atomic E-state index is -3.68. The molecule has 0 heterocycles. The summed E-state index contributed by atoms with van der Waals surface area (Å²) < 4.78 is 28.5. The van der Waals surface area contributed by atoms with E-state index in [4.69, 9.17) is 0 Å². The summed E-state index contributed by atoms with van der Waals surface area (Å²) >= 11 is 0. The standard InChI is InChI=1S/C27H29N3O2S/c1-4-30(5-2)21-15-16-25(20(3)19-21)28-26-17-18-27(24-14-10-9-13-23(24)26)29-33(31,32)22-11-7-6-8-12-22/h6-19,28-29H,4-5H2,1-3H3. The molecule has 0 radical (unpaired) electrons. The smallest absolute Gasteiger partial charge is 0.261 e. The predicted molar refractivity (Wildman–Crippen MR) is 139 cm³/mol. The van der Waals surface area contributed by atoms with Gasteiger partial charge in [-0.3, -0.25) is 4.72 Å². The number of benzene rings is 4. The van der Waals surface area contributed by atoms with Gasteiger partial charge in [0, 0.05) is 40.9 Å². The Labute approximate surface area is 196 Å². The van der Waals surface area contributed by atoms with Gasteiger partial charge < -0.3 is 10.2 Å². The second-order valence-electron chi connectivity index (χ2n) is 7.92. The molecule has 0 unspecified atom stereocenters. The highest BCUT2D eigenvalue weighted by molar-refractivity contribution is 7.92. The number of anilines is 4. The molecule has 4 rings (SSSR count). The number of hydrogen-bond donors (Lipinski definition) is 2. The molecule has 0 aliphatic heterocycles. The van der Waals surface area contributed by atoms with E-state index in [1.807, 2.05) is 36.4 Å². The Bertz CT molecular complexity index is 1370. The molecule has 0 atom stereocenters. The molecular weight excluding hydrogens is 430 g/mol. The summed E-state index contributed by atoms with van der Waals surface area (Å²) in [7, 11) is -3.68. The van der Waals surface area contributed by atoms with Gasteiger partial charge in [0.2, 0.25) is 0 Å². The van der Waals surface area contributed by atoms with Gasteiger partial charge in [0.1, 0.15) is 0 Å². The van der Waals surface area contributed by atoms with E-state index in [1.165, 1.54) is 5.69 Å². The Morgan fingerprint density at radius 3 is 1.94 bits per heavy atom. The van der Waals surface area contributed by atoms with Gasteiger partial charge in [0.05, 0.1) is 10.6 Å². The first kappa shape index (κ1) is 22.7. The zero-order chi connectivity index (χ0) is 23.4. The maximum absolute atomic E-state index is 12.9. The van der Waals surface area contributed by atoms with Crippen molar-refractivity contribution in [2.75, 3.05) is 28.0 Å². The van der Waals surface area contributed by atoms with E-state index in [9.17, 15) is 8.42 Å². The summed E-state index contributed by atoms with van der Waals surface area (Å²) in [4.78, 5) is 2.56. The quantitative estimate of drug-likeness (QED) is 0.314. The van der Waals surface area contributed by atoms with Gasteiger partial charge >= 0.3 is 0 Å². The van der Waals surface area contributed by atoms with Gasteiger partial charge in [-0.05, 0) is 68.8 Å². The van der Waals surface area contributed by atoms with Crippen molar-refractivity contribution in [2.45, 2.75) is 25.7 Å². The Hall–Kier alpha value is -3.51. The van der Waals surface area contributed by atoms with Crippen LogP contribution in [-0.4, -0.2) is 21.5 Å². The summed E-state index contributed by atoms with van der Waals surface area (Å²) in [5.74, 6) is 0. The predicted octanol–water partition coefficient (Wildman–Crippen LogP) is 6.54. The molecule has 0 aliphatic rings. The summed E-state index contributed by atoms with van der Waals surface area (Å²) in [5.41, 5.74) is 4.85. The van der Waals surface area contributed by atoms with E-state index in [1.54, 1.807) is 30.3 Å². The van der Waals surface area contributed by atoms with Crippen molar-refractivity contribution in [3.8, 4) is 0 Å². The van der Waals surface area contributed by atoms with Crippen molar-refractivity contribution in [3.63, 3.8) is 0 Å². The van der Waals surface area contributed by atoms with Crippen molar-refractivity contribution < 1.29 is 8.42 Å². The van der Waals surface area contributed by atoms with Crippen LogP contribution in [-0.2, 0) is 10.0 Å². The zero-order valence-corrected chi connectivity index (χ0v) is 20.0. The minimum absolute atomic E-state index is 0.236. The lowest BCUT2D eigenvalue weighted by atomic mass is 10.1. The van der Waals surface area contributed by atoms with E-state index in [0.717, 1.165) is 40.8 Å². The number of nitrogens with one attached hydrogen (secondary N) is 2. The normalized spacial score (nSPS) is 11.4. The van der Waals surface area contributed by atoms with Crippen LogP contribution in [0, 0.1) is 6.92 Å². The fourth-order valence-electron chi connectivity index (χ4n) is 4.02. The van der Waals surface area contributed by atoms with Crippen molar-refractivity contribution in [2.24, 2.45) is 0 Å². The van der Waals surface area contributed by atoms with Crippen LogP contribution in [0.4, 0.5) is 22.7 Å². The molecule has 5 nitrogen and oxygen atoms in total. The lowest BCUT2D eigenvalue weighted by Crippen LogP contribution is -2.21. The summed E-state index contributed by atoms with van der Waals surface area (Å²) in [6.45, 7) is 8.34. The van der Waals surface area contributed by atoms with Crippen LogP contribution in [0.2, 0.25) is 0 Å². The molecule has 4 aromatic rings. The first-order valence-electron chi connectivity index (χ1n) is 11.1. The third-order valence-corrected chi connectivity index (χ3v) is 7.21. The Morgan fingerprint density at radius 2 is 1.30 bits per heavy atom. The number of rotatable bonds is 8. The Kier molecular flexibility index (Phi) is 6.56. The lowest BCUT2D eigenvalue weighted by Gasteiger charge is -2.22. The largest absolute Gasteiger partial charge is 0.372 e. The fourth-order valence-corrected chi connectivity index (χ4v) is 5.12. The third-order valence-electron chi connectivity index (χ3n) is 5.83. The van der Waals surface area contributed by atoms with Crippen LogP contribution < -0.4 is 14.9 Å². The Balaban J connectivity index is 1.68. The topological polar surface area (TPSA) is 61.4 Å². The second-order valence-corrected chi connectivity index (χ2v) is 9.60. The molecule has 0 aliphatic carbocycles. The van der Waals surface area contributed by atoms with Gasteiger partial charge in [0.15, 0.2) is 0 Å². The molecule has 0 spiro atoms. The molecule has 6 heteroatoms. The fraction of sp³-hybridized carbons (Fsp3) is 0.185. The first-order valence-corrected chi connectivity index (χ1v) is 12.6. The molecular formula is C27H29N3O2S. The molecule has 33 heavy (non-hydrogen) atoms. The summed E-state index contributed by atoms with van der Waals surface area (Å²) in [6.07, 6.45) is 0. The molecule has 0 bridgehead atoms. The molecule has 170 valence electrons. The molecule has 0 saturated heterocycles. The van der Waals surface area contributed by atoms with Crippen molar-refractivity contribution in [1.82, 2.24) is 0 Å². The van der Waals surface area contributed by atoms with Crippen LogP contribution in [0.25, 0.3) is 10.8 Å². The molecule has 0 fully saturated rings. The molecule has 2 N–H and O–H groups in total. The minimum Gasteiger partial charge on any atom is -0.372 e. The van der Waals surface area contributed by atoms with Gasteiger partial charge in [-0.15, -0.1) is 0 Å². The van der Waals surface area contributed by atoms with E-state index in [-0.39, 0.29) is 4.90 Å². The van der Waals surface area contributed by atoms with Gasteiger partial charge in [-0.2, -0.15) is 0 Å². The average molecular weight is 460 g/mol. The van der Waals surface area contributed by atoms with Crippen LogP contribution in [0.5, 0.6) is 0 Å². The van der Waals surface area contributed by atoms with Gasteiger partial charge in [0.25, 0.3) is 10.0 Å². The van der Waals surface area contributed by atoms with Crippen molar-refractivity contribution >= 4 is 43.5 Å². The molecule has 0 amide bonds. The number of aryl methyl sites for hydroxylation is 1. The van der Waals surface area contributed by atoms with E-state index in [2.05, 4.69) is 53.9 Å². The highest BCUT2D eigenvalue weighted by atomic mass is 32.2. The SMILES string of the molecule is CCN(CC)c1ccc(Nc2ccc(NS(=O)(=O)c3ccccc3)c3ccccc23)c(C)c1. The van der Waals surface area contributed by atoms with Crippen LogP contribution in [0.15, 0.2) is 89.8 Å². The maximum atomic E-state index is 12.9. The van der Waals surface area contributed by atoms with E-state index < -0.39 is 10.0 Å². The number of fused-ring (bicyclic) bond motifs is 1. The highest BCUT2D eigenvalue weighted by Gasteiger charge is 2.16. The van der Waals surface area contributed by atoms with Crippen molar-refractivity contribution in [3.05, 3.63) is 90.5 Å². The molecule has 0 aromatic heterocycles. The third kappa shape index (κ3) is 4.81. The number of nitrogens with zero attached hydrogens (tertiary/aromatic N) is 1. The molecule has 4 aromatic carbocycles. The number of sulfonamides is 1. The summed E-state index contributed by atoms with van der Waals surface area (Å²) in [6, 6.07) is 26.4. The second kappa shape index (κ2) is 9.55. The average Bonchev–Trinajstić information content (AvgIpc) is 2.83. The van der Waals surface area contributed by atoms with Gasteiger partial charge in [-0.1, -0.05) is 42.5 Å². The van der Waals surface area contributed by atoms with Crippen molar-refractivity contribution in [1.29, 1.82) is 0 Å². The van der Waals surface area contributed by atoms with Crippen LogP contribution in [0.3, 0.4) is 0 Å². The summed E-state index contributed by atoms with van der Waals surface area (Å²) in [5, 5.41) is 5.32. The highest BCUT2D eigenvalue weighted by Crippen LogP contribution is 2.34. The van der Waals surface area contributed by atoms with Crippen LogP contribution in [0.1, 0.15) is 19.4 Å². The first-order chi connectivity index (χ1) is 15.9. The Morgan fingerprint density at radius 1 is 0.727 bits per heavy atom. The van der Waals surface area contributed by atoms with E-state index in [0.29, 0.717) is 5.69 Å². The monoisotopic (exact) mass is 459 g/mol. The zero-order valence-electron chi connectivity index (χ0n) is 19.2. The number of hydrogen-bond acceptors (Lipinski definition) is 4. The molecule has 0 saturated carbocycles. The maximum Gasteiger partial charge on any atom is 0.261 e. The van der Waals surface area contributed by atoms with Crippen LogP contribution >= 0.6 is 0 Å².